The zero-order chi connectivity index (χ0) is 13.7. The number of ether oxygens (including phenoxy) is 1. The van der Waals surface area contributed by atoms with Gasteiger partial charge in [0.1, 0.15) is 5.75 Å². The molecule has 1 aromatic rings. The SMILES string of the molecule is CCOc1ccc(CCN(C)C2CCNC2)cc1C. The summed E-state index contributed by atoms with van der Waals surface area (Å²) in [7, 11) is 2.24. The van der Waals surface area contributed by atoms with Crippen molar-refractivity contribution in [2.45, 2.75) is 32.7 Å². The van der Waals surface area contributed by atoms with Crippen LogP contribution in [0.15, 0.2) is 18.2 Å². The fourth-order valence-electron chi connectivity index (χ4n) is 2.69. The molecule has 0 aromatic heterocycles. The zero-order valence-electron chi connectivity index (χ0n) is 12.4. The van der Waals surface area contributed by atoms with Crippen molar-refractivity contribution in [3.8, 4) is 5.75 Å². The molecule has 1 heterocycles. The van der Waals surface area contributed by atoms with Crippen LogP contribution in [0.1, 0.15) is 24.5 Å². The summed E-state index contributed by atoms with van der Waals surface area (Å²) in [6.45, 7) is 8.31. The Morgan fingerprint density at radius 1 is 1.42 bits per heavy atom. The van der Waals surface area contributed by atoms with Gasteiger partial charge in [0.05, 0.1) is 6.61 Å². The van der Waals surface area contributed by atoms with Gasteiger partial charge in [0, 0.05) is 19.1 Å². The van der Waals surface area contributed by atoms with Crippen LogP contribution < -0.4 is 10.1 Å². The zero-order valence-corrected chi connectivity index (χ0v) is 12.4. The lowest BCUT2D eigenvalue weighted by Gasteiger charge is -2.23. The lowest BCUT2D eigenvalue weighted by Crippen LogP contribution is -2.34. The third kappa shape index (κ3) is 3.95. The molecule has 2 rings (SSSR count). The summed E-state index contributed by atoms with van der Waals surface area (Å²) in [5.74, 6) is 1.01. The second kappa shape index (κ2) is 6.92. The van der Waals surface area contributed by atoms with E-state index in [1.165, 1.54) is 17.5 Å². The Bertz CT molecular complexity index is 400. The van der Waals surface area contributed by atoms with Gasteiger partial charge < -0.3 is 15.0 Å². The summed E-state index contributed by atoms with van der Waals surface area (Å²) in [5, 5.41) is 3.42. The van der Waals surface area contributed by atoms with Crippen molar-refractivity contribution >= 4 is 0 Å². The van der Waals surface area contributed by atoms with Gasteiger partial charge in [-0.2, -0.15) is 0 Å². The van der Waals surface area contributed by atoms with E-state index in [-0.39, 0.29) is 0 Å². The number of hydrogen-bond acceptors (Lipinski definition) is 3. The molecule has 1 aliphatic rings. The Labute approximate surface area is 116 Å². The highest BCUT2D eigenvalue weighted by atomic mass is 16.5. The molecule has 1 atom stereocenters. The molecule has 1 unspecified atom stereocenters. The molecule has 1 aliphatic heterocycles. The van der Waals surface area contributed by atoms with E-state index in [0.717, 1.165) is 38.4 Å². The van der Waals surface area contributed by atoms with Gasteiger partial charge in [-0.05, 0) is 57.5 Å². The maximum Gasteiger partial charge on any atom is 0.122 e. The molecule has 0 aliphatic carbocycles. The molecule has 106 valence electrons. The number of hydrogen-bond donors (Lipinski definition) is 1. The summed E-state index contributed by atoms with van der Waals surface area (Å²) in [4.78, 5) is 2.48. The molecule has 0 amide bonds. The normalized spacial score (nSPS) is 19.1. The molecule has 3 heteroatoms. The van der Waals surface area contributed by atoms with Crippen molar-refractivity contribution in [3.63, 3.8) is 0 Å². The number of aryl methyl sites for hydroxylation is 1. The molecule has 1 aromatic carbocycles. The molecule has 1 fully saturated rings. The van der Waals surface area contributed by atoms with Gasteiger partial charge in [-0.25, -0.2) is 0 Å². The third-order valence-corrected chi connectivity index (χ3v) is 3.95. The van der Waals surface area contributed by atoms with Crippen molar-refractivity contribution in [2.24, 2.45) is 0 Å². The predicted molar refractivity (Wildman–Crippen MR) is 80.0 cm³/mol. The lowest BCUT2D eigenvalue weighted by molar-refractivity contribution is 0.260. The standard InChI is InChI=1S/C16H26N2O/c1-4-19-16-6-5-14(11-13(16)2)8-10-18(3)15-7-9-17-12-15/h5-6,11,15,17H,4,7-10,12H2,1-3H3. The van der Waals surface area contributed by atoms with Gasteiger partial charge in [-0.1, -0.05) is 12.1 Å². The minimum atomic E-state index is 0.712. The van der Waals surface area contributed by atoms with E-state index in [4.69, 9.17) is 4.74 Å². The summed E-state index contributed by atoms with van der Waals surface area (Å²) in [5.41, 5.74) is 2.64. The van der Waals surface area contributed by atoms with E-state index in [0.29, 0.717) is 6.04 Å². The molecular formula is C16H26N2O. The monoisotopic (exact) mass is 262 g/mol. The fourth-order valence-corrected chi connectivity index (χ4v) is 2.69. The number of rotatable bonds is 6. The largest absolute Gasteiger partial charge is 0.494 e. The number of likely N-dealkylation sites (N-methyl/N-ethyl adjacent to an activating group) is 1. The molecular weight excluding hydrogens is 236 g/mol. The van der Waals surface area contributed by atoms with Crippen molar-refractivity contribution in [1.29, 1.82) is 0 Å². The van der Waals surface area contributed by atoms with Crippen molar-refractivity contribution in [3.05, 3.63) is 29.3 Å². The van der Waals surface area contributed by atoms with E-state index in [2.05, 4.69) is 42.4 Å². The Morgan fingerprint density at radius 3 is 2.89 bits per heavy atom. The van der Waals surface area contributed by atoms with Crippen LogP contribution >= 0.6 is 0 Å². The summed E-state index contributed by atoms with van der Waals surface area (Å²) in [6.07, 6.45) is 2.39. The smallest absolute Gasteiger partial charge is 0.122 e. The summed E-state index contributed by atoms with van der Waals surface area (Å²) < 4.78 is 5.58. The quantitative estimate of drug-likeness (QED) is 0.851. The molecule has 0 spiro atoms. The van der Waals surface area contributed by atoms with Crippen molar-refractivity contribution in [1.82, 2.24) is 10.2 Å². The third-order valence-electron chi connectivity index (χ3n) is 3.95. The van der Waals surface area contributed by atoms with Crippen LogP contribution in [0, 0.1) is 6.92 Å². The van der Waals surface area contributed by atoms with Crippen LogP contribution in [0.5, 0.6) is 5.75 Å². The molecule has 1 saturated heterocycles. The van der Waals surface area contributed by atoms with E-state index >= 15 is 0 Å². The molecule has 0 bridgehead atoms. The first-order valence-corrected chi connectivity index (χ1v) is 7.34. The molecule has 0 saturated carbocycles. The van der Waals surface area contributed by atoms with Gasteiger partial charge in [0.25, 0.3) is 0 Å². The first-order valence-electron chi connectivity index (χ1n) is 7.34. The van der Waals surface area contributed by atoms with E-state index < -0.39 is 0 Å². The highest BCUT2D eigenvalue weighted by Gasteiger charge is 2.18. The molecule has 3 nitrogen and oxygen atoms in total. The summed E-state index contributed by atoms with van der Waals surface area (Å²) >= 11 is 0. The van der Waals surface area contributed by atoms with E-state index in [9.17, 15) is 0 Å². The Balaban J connectivity index is 1.86. The first-order chi connectivity index (χ1) is 9.20. The Hall–Kier alpha value is -1.06. The highest BCUT2D eigenvalue weighted by Crippen LogP contribution is 2.19. The highest BCUT2D eigenvalue weighted by molar-refractivity contribution is 5.36. The Kier molecular flexibility index (Phi) is 5.23. The fraction of sp³-hybridized carbons (Fsp3) is 0.625. The van der Waals surface area contributed by atoms with Crippen LogP contribution in [0.3, 0.4) is 0 Å². The van der Waals surface area contributed by atoms with Crippen LogP contribution in [-0.2, 0) is 6.42 Å². The minimum absolute atomic E-state index is 0.712. The van der Waals surface area contributed by atoms with Crippen LogP contribution in [0.4, 0.5) is 0 Å². The Morgan fingerprint density at radius 2 is 2.26 bits per heavy atom. The maximum absolute atomic E-state index is 5.58. The average Bonchev–Trinajstić information content (AvgIpc) is 2.93. The second-order valence-electron chi connectivity index (χ2n) is 5.41. The predicted octanol–water partition coefficient (Wildman–Crippen LogP) is 2.23. The molecule has 19 heavy (non-hydrogen) atoms. The first kappa shape index (κ1) is 14.4. The van der Waals surface area contributed by atoms with Crippen LogP contribution in [-0.4, -0.2) is 44.2 Å². The van der Waals surface area contributed by atoms with Gasteiger partial charge in [-0.15, -0.1) is 0 Å². The number of nitrogens with one attached hydrogen (secondary N) is 1. The second-order valence-corrected chi connectivity index (χ2v) is 5.41. The lowest BCUT2D eigenvalue weighted by atomic mass is 10.1. The van der Waals surface area contributed by atoms with Crippen LogP contribution in [0.25, 0.3) is 0 Å². The van der Waals surface area contributed by atoms with E-state index in [1.807, 2.05) is 6.92 Å². The van der Waals surface area contributed by atoms with E-state index in [1.54, 1.807) is 0 Å². The van der Waals surface area contributed by atoms with Crippen molar-refractivity contribution in [2.75, 3.05) is 33.3 Å². The molecule has 0 radical (unpaired) electrons. The summed E-state index contributed by atoms with van der Waals surface area (Å²) in [6, 6.07) is 7.26. The average molecular weight is 262 g/mol. The van der Waals surface area contributed by atoms with Crippen molar-refractivity contribution < 1.29 is 4.74 Å². The maximum atomic E-state index is 5.58. The van der Waals surface area contributed by atoms with Gasteiger partial charge in [-0.3, -0.25) is 0 Å². The topological polar surface area (TPSA) is 24.5 Å². The van der Waals surface area contributed by atoms with Gasteiger partial charge in [0.2, 0.25) is 0 Å². The number of nitrogens with zero attached hydrogens (tertiary/aromatic N) is 1. The number of benzene rings is 1. The van der Waals surface area contributed by atoms with Crippen LogP contribution in [0.2, 0.25) is 0 Å². The van der Waals surface area contributed by atoms with Gasteiger partial charge >= 0.3 is 0 Å². The molecule has 1 N–H and O–H groups in total. The van der Waals surface area contributed by atoms with Gasteiger partial charge in [0.15, 0.2) is 0 Å². The minimum Gasteiger partial charge on any atom is -0.494 e.